The number of ether oxygens (including phenoxy) is 2. The molecule has 0 aliphatic rings. The van der Waals surface area contributed by atoms with E-state index in [1.165, 1.54) is 11.4 Å². The van der Waals surface area contributed by atoms with Gasteiger partial charge < -0.3 is 9.47 Å². The van der Waals surface area contributed by atoms with Crippen LogP contribution in [0.15, 0.2) is 71.9 Å². The van der Waals surface area contributed by atoms with Crippen LogP contribution in [0.1, 0.15) is 19.4 Å². The molecule has 3 rings (SSSR count). The molecule has 0 spiro atoms. The maximum Gasteiger partial charge on any atom is 0.265 e. The molecular weight excluding hydrogens is 402 g/mol. The van der Waals surface area contributed by atoms with Crippen LogP contribution in [0.25, 0.3) is 0 Å². The summed E-state index contributed by atoms with van der Waals surface area (Å²) in [5.41, 5.74) is 0.980. The number of nitrogens with zero attached hydrogens (tertiary/aromatic N) is 3. The van der Waals surface area contributed by atoms with Crippen LogP contribution in [0.2, 0.25) is 0 Å². The predicted molar refractivity (Wildman–Crippen MR) is 115 cm³/mol. The topological polar surface area (TPSA) is 81.6 Å². The molecule has 0 bridgehead atoms. The van der Waals surface area contributed by atoms with Gasteiger partial charge in [0.2, 0.25) is 5.88 Å². The zero-order valence-corrected chi connectivity index (χ0v) is 18.0. The van der Waals surface area contributed by atoms with Crippen molar-refractivity contribution < 1.29 is 17.9 Å². The minimum Gasteiger partial charge on any atom is -0.489 e. The predicted octanol–water partition coefficient (Wildman–Crippen LogP) is 3.92. The lowest BCUT2D eigenvalue weighted by atomic mass is 10.2. The van der Waals surface area contributed by atoms with Crippen molar-refractivity contribution in [2.45, 2.75) is 25.3 Å². The molecule has 1 aromatic carbocycles. The molecule has 0 saturated carbocycles. The summed E-state index contributed by atoms with van der Waals surface area (Å²) < 4.78 is 38.9. The van der Waals surface area contributed by atoms with E-state index in [-0.39, 0.29) is 10.8 Å². The SMILES string of the molecule is COc1cccc(N(CC(C)C)S(=O)(=O)c2ccc(OCc3ccncc3)cc2)n1. The Labute approximate surface area is 177 Å². The molecule has 0 amide bonds. The molecule has 0 radical (unpaired) electrons. The molecule has 0 aliphatic carbocycles. The molecule has 0 N–H and O–H groups in total. The Bertz CT molecular complexity index is 1060. The van der Waals surface area contributed by atoms with Gasteiger partial charge >= 0.3 is 0 Å². The highest BCUT2D eigenvalue weighted by molar-refractivity contribution is 7.92. The number of hydrogen-bond donors (Lipinski definition) is 0. The van der Waals surface area contributed by atoms with E-state index in [0.29, 0.717) is 30.6 Å². The Hall–Kier alpha value is -3.13. The molecule has 0 fully saturated rings. The number of pyridine rings is 2. The number of methoxy groups -OCH3 is 1. The van der Waals surface area contributed by atoms with Gasteiger partial charge in [-0.3, -0.25) is 4.98 Å². The maximum absolute atomic E-state index is 13.4. The van der Waals surface area contributed by atoms with Crippen molar-refractivity contribution in [3.8, 4) is 11.6 Å². The van der Waals surface area contributed by atoms with Gasteiger partial charge in [0, 0.05) is 25.0 Å². The van der Waals surface area contributed by atoms with E-state index in [1.807, 2.05) is 26.0 Å². The van der Waals surface area contributed by atoms with Crippen LogP contribution in [0, 0.1) is 5.92 Å². The minimum absolute atomic E-state index is 0.107. The number of aromatic nitrogens is 2. The number of rotatable bonds is 9. The van der Waals surface area contributed by atoms with Gasteiger partial charge in [0.1, 0.15) is 18.2 Å². The fourth-order valence-electron chi connectivity index (χ4n) is 2.78. The summed E-state index contributed by atoms with van der Waals surface area (Å²) in [4.78, 5) is 8.45. The number of sulfonamides is 1. The Balaban J connectivity index is 1.83. The summed E-state index contributed by atoms with van der Waals surface area (Å²) in [5.74, 6) is 1.37. The van der Waals surface area contributed by atoms with Crippen LogP contribution < -0.4 is 13.8 Å². The first kappa shape index (κ1) is 21.6. The van der Waals surface area contributed by atoms with Gasteiger partial charge in [0.15, 0.2) is 0 Å². The summed E-state index contributed by atoms with van der Waals surface area (Å²) in [6, 6.07) is 15.2. The highest BCUT2D eigenvalue weighted by Crippen LogP contribution is 2.26. The van der Waals surface area contributed by atoms with Gasteiger partial charge in [-0.05, 0) is 53.9 Å². The first-order valence-electron chi connectivity index (χ1n) is 9.55. The van der Waals surface area contributed by atoms with Crippen LogP contribution in [-0.4, -0.2) is 32.0 Å². The van der Waals surface area contributed by atoms with E-state index in [2.05, 4.69) is 9.97 Å². The Kier molecular flexibility index (Phi) is 6.89. The fraction of sp³-hybridized carbons (Fsp3) is 0.273. The molecule has 3 aromatic rings. The maximum atomic E-state index is 13.4. The lowest BCUT2D eigenvalue weighted by Gasteiger charge is -2.25. The van der Waals surface area contributed by atoms with Crippen LogP contribution in [-0.2, 0) is 16.6 Å². The second kappa shape index (κ2) is 9.58. The summed E-state index contributed by atoms with van der Waals surface area (Å²) in [6.07, 6.45) is 3.40. The van der Waals surface area contributed by atoms with E-state index in [4.69, 9.17) is 9.47 Å². The average Bonchev–Trinajstić information content (AvgIpc) is 2.77. The summed E-state index contributed by atoms with van der Waals surface area (Å²) in [7, 11) is -2.31. The molecule has 158 valence electrons. The Morgan fingerprint density at radius 1 is 1.00 bits per heavy atom. The third kappa shape index (κ3) is 5.27. The quantitative estimate of drug-likeness (QED) is 0.515. The van der Waals surface area contributed by atoms with Gasteiger partial charge in [0.25, 0.3) is 10.0 Å². The van der Waals surface area contributed by atoms with Gasteiger partial charge in [0.05, 0.1) is 12.0 Å². The van der Waals surface area contributed by atoms with Crippen molar-refractivity contribution in [1.29, 1.82) is 0 Å². The first-order chi connectivity index (χ1) is 14.4. The lowest BCUT2D eigenvalue weighted by molar-refractivity contribution is 0.306. The molecular formula is C22H25N3O4S. The molecule has 0 atom stereocenters. The van der Waals surface area contributed by atoms with Crippen molar-refractivity contribution in [3.63, 3.8) is 0 Å². The smallest absolute Gasteiger partial charge is 0.265 e. The molecule has 8 heteroatoms. The molecule has 2 aromatic heterocycles. The van der Waals surface area contributed by atoms with E-state index in [1.54, 1.807) is 54.9 Å². The van der Waals surface area contributed by atoms with E-state index >= 15 is 0 Å². The van der Waals surface area contributed by atoms with Crippen LogP contribution in [0.4, 0.5) is 5.82 Å². The number of hydrogen-bond acceptors (Lipinski definition) is 6. The summed E-state index contributed by atoms with van der Waals surface area (Å²) >= 11 is 0. The van der Waals surface area contributed by atoms with E-state index in [0.717, 1.165) is 5.56 Å². The van der Waals surface area contributed by atoms with Crippen molar-refractivity contribution in [2.75, 3.05) is 18.0 Å². The largest absolute Gasteiger partial charge is 0.489 e. The Morgan fingerprint density at radius 3 is 2.33 bits per heavy atom. The summed E-state index contributed by atoms with van der Waals surface area (Å²) in [6.45, 7) is 4.59. The van der Waals surface area contributed by atoms with E-state index < -0.39 is 10.0 Å². The molecule has 0 aliphatic heterocycles. The fourth-order valence-corrected chi connectivity index (χ4v) is 4.36. The Morgan fingerprint density at radius 2 is 1.70 bits per heavy atom. The number of benzene rings is 1. The van der Waals surface area contributed by atoms with Crippen molar-refractivity contribution in [2.24, 2.45) is 5.92 Å². The normalized spacial score (nSPS) is 11.3. The van der Waals surface area contributed by atoms with Gasteiger partial charge in [-0.15, -0.1) is 0 Å². The highest BCUT2D eigenvalue weighted by atomic mass is 32.2. The second-order valence-corrected chi connectivity index (χ2v) is 8.95. The molecule has 0 saturated heterocycles. The minimum atomic E-state index is -3.81. The first-order valence-corrected chi connectivity index (χ1v) is 11.0. The van der Waals surface area contributed by atoms with E-state index in [9.17, 15) is 8.42 Å². The van der Waals surface area contributed by atoms with Gasteiger partial charge in [-0.2, -0.15) is 4.98 Å². The van der Waals surface area contributed by atoms with Crippen molar-refractivity contribution in [1.82, 2.24) is 9.97 Å². The third-order valence-electron chi connectivity index (χ3n) is 4.27. The lowest BCUT2D eigenvalue weighted by Crippen LogP contribution is -2.35. The molecule has 0 unspecified atom stereocenters. The van der Waals surface area contributed by atoms with Crippen LogP contribution in [0.3, 0.4) is 0 Å². The summed E-state index contributed by atoms with van der Waals surface area (Å²) in [5, 5.41) is 0. The van der Waals surface area contributed by atoms with Gasteiger partial charge in [-0.1, -0.05) is 19.9 Å². The van der Waals surface area contributed by atoms with Crippen LogP contribution >= 0.6 is 0 Å². The molecule has 2 heterocycles. The molecule has 30 heavy (non-hydrogen) atoms. The molecule has 7 nitrogen and oxygen atoms in total. The monoisotopic (exact) mass is 427 g/mol. The van der Waals surface area contributed by atoms with Crippen LogP contribution in [0.5, 0.6) is 11.6 Å². The average molecular weight is 428 g/mol. The zero-order valence-electron chi connectivity index (χ0n) is 17.2. The van der Waals surface area contributed by atoms with Crippen molar-refractivity contribution >= 4 is 15.8 Å². The second-order valence-electron chi connectivity index (χ2n) is 7.08. The third-order valence-corrected chi connectivity index (χ3v) is 6.06. The highest BCUT2D eigenvalue weighted by Gasteiger charge is 2.27. The zero-order chi connectivity index (χ0) is 21.6. The van der Waals surface area contributed by atoms with Gasteiger partial charge in [-0.25, -0.2) is 12.7 Å². The standard InChI is InChI=1S/C22H25N3O4S/c1-17(2)15-25(21-5-4-6-22(24-21)28-3)30(26,27)20-9-7-19(8-10-20)29-16-18-11-13-23-14-12-18/h4-14,17H,15-16H2,1-3H3. The van der Waals surface area contributed by atoms with Crippen molar-refractivity contribution in [3.05, 3.63) is 72.6 Å². The number of anilines is 1.